The van der Waals surface area contributed by atoms with Gasteiger partial charge in [-0.1, -0.05) is 33.1 Å². The number of nitrogens with zero attached hydrogens (tertiary/aromatic N) is 2. The highest BCUT2D eigenvalue weighted by Crippen LogP contribution is 2.30. The fraction of sp³-hybridized carbons (Fsp3) is 0.800. The van der Waals surface area contributed by atoms with Crippen molar-refractivity contribution in [3.63, 3.8) is 0 Å². The molecule has 0 spiro atoms. The molecule has 4 heteroatoms. The summed E-state index contributed by atoms with van der Waals surface area (Å²) < 4.78 is 7.62. The lowest BCUT2D eigenvalue weighted by atomic mass is 9.95. The summed E-state index contributed by atoms with van der Waals surface area (Å²) >= 11 is 0. The predicted molar refractivity (Wildman–Crippen MR) is 78.5 cm³/mol. The molecular weight excluding hydrogens is 238 g/mol. The van der Waals surface area contributed by atoms with Crippen molar-refractivity contribution in [1.29, 1.82) is 0 Å². The number of anilines is 1. The third kappa shape index (κ3) is 3.72. The molecule has 0 aliphatic heterocycles. The summed E-state index contributed by atoms with van der Waals surface area (Å²) in [4.78, 5) is 4.49. The molecule has 1 fully saturated rings. The van der Waals surface area contributed by atoms with Crippen molar-refractivity contribution in [3.05, 3.63) is 12.4 Å². The molecule has 1 heterocycles. The van der Waals surface area contributed by atoms with Crippen LogP contribution in [-0.4, -0.2) is 29.3 Å². The lowest BCUT2D eigenvalue weighted by molar-refractivity contribution is 0.170. The molecule has 1 aliphatic carbocycles. The molecule has 0 bridgehead atoms. The van der Waals surface area contributed by atoms with Crippen molar-refractivity contribution in [1.82, 2.24) is 9.55 Å². The Bertz CT molecular complexity index is 369. The van der Waals surface area contributed by atoms with Crippen LogP contribution in [-0.2, 0) is 4.74 Å². The molecule has 1 atom stereocenters. The first-order valence-electron chi connectivity index (χ1n) is 7.50. The predicted octanol–water partition coefficient (Wildman–Crippen LogP) is 3.47. The number of imidazole rings is 1. The molecule has 1 unspecified atom stereocenters. The molecule has 1 aliphatic rings. The Hall–Kier alpha value is -1.03. The van der Waals surface area contributed by atoms with E-state index in [1.165, 1.54) is 32.1 Å². The van der Waals surface area contributed by atoms with Gasteiger partial charge in [-0.2, -0.15) is 0 Å². The summed E-state index contributed by atoms with van der Waals surface area (Å²) in [6, 6.07) is 0.934. The number of hydrogen-bond donors (Lipinski definition) is 1. The van der Waals surface area contributed by atoms with E-state index >= 15 is 0 Å². The first-order valence-corrected chi connectivity index (χ1v) is 7.50. The smallest absolute Gasteiger partial charge is 0.203 e. The average Bonchev–Trinajstić information content (AvgIpc) is 2.87. The van der Waals surface area contributed by atoms with Crippen LogP contribution in [0.25, 0.3) is 0 Å². The topological polar surface area (TPSA) is 39.1 Å². The zero-order chi connectivity index (χ0) is 13.7. The van der Waals surface area contributed by atoms with Gasteiger partial charge < -0.3 is 14.6 Å². The third-order valence-corrected chi connectivity index (χ3v) is 4.10. The van der Waals surface area contributed by atoms with Crippen molar-refractivity contribution in [3.8, 4) is 0 Å². The summed E-state index contributed by atoms with van der Waals surface area (Å²) in [5.74, 6) is 1.53. The van der Waals surface area contributed by atoms with Gasteiger partial charge in [0.05, 0.1) is 12.6 Å². The van der Waals surface area contributed by atoms with E-state index in [0.29, 0.717) is 18.0 Å². The number of ether oxygens (including phenoxy) is 1. The molecule has 4 nitrogen and oxygen atoms in total. The van der Waals surface area contributed by atoms with Crippen LogP contribution >= 0.6 is 0 Å². The molecule has 108 valence electrons. The maximum atomic E-state index is 5.30. The number of nitrogens with one attached hydrogen (secondary N) is 1. The minimum absolute atomic E-state index is 0.315. The summed E-state index contributed by atoms with van der Waals surface area (Å²) in [6.45, 7) is 5.14. The molecule has 2 rings (SSSR count). The van der Waals surface area contributed by atoms with Crippen LogP contribution in [0.1, 0.15) is 52.0 Å². The van der Waals surface area contributed by atoms with E-state index < -0.39 is 0 Å². The number of rotatable bonds is 6. The van der Waals surface area contributed by atoms with Crippen molar-refractivity contribution in [2.24, 2.45) is 5.92 Å². The second kappa shape index (κ2) is 6.94. The van der Waals surface area contributed by atoms with Crippen molar-refractivity contribution < 1.29 is 4.74 Å². The van der Waals surface area contributed by atoms with Crippen LogP contribution in [0.2, 0.25) is 0 Å². The Labute approximate surface area is 116 Å². The zero-order valence-electron chi connectivity index (χ0n) is 12.4. The van der Waals surface area contributed by atoms with E-state index in [1.54, 1.807) is 7.11 Å². The fourth-order valence-corrected chi connectivity index (χ4v) is 2.82. The third-order valence-electron chi connectivity index (χ3n) is 4.10. The summed E-state index contributed by atoms with van der Waals surface area (Å²) in [5, 5.41) is 3.55. The molecule has 1 N–H and O–H groups in total. The molecule has 0 amide bonds. The second-order valence-electron chi connectivity index (χ2n) is 5.90. The fourth-order valence-electron chi connectivity index (χ4n) is 2.82. The van der Waals surface area contributed by atoms with E-state index in [9.17, 15) is 0 Å². The van der Waals surface area contributed by atoms with Gasteiger partial charge in [0.15, 0.2) is 0 Å². The van der Waals surface area contributed by atoms with E-state index in [2.05, 4.69) is 34.9 Å². The Morgan fingerprint density at radius 3 is 2.74 bits per heavy atom. The van der Waals surface area contributed by atoms with E-state index in [1.807, 2.05) is 6.20 Å². The highest BCUT2D eigenvalue weighted by Gasteiger charge is 2.20. The van der Waals surface area contributed by atoms with Gasteiger partial charge in [-0.3, -0.25) is 0 Å². The van der Waals surface area contributed by atoms with Gasteiger partial charge >= 0.3 is 0 Å². The standard InChI is InChI=1S/C15H27N3O/c1-12(2)14(11-19-3)17-15-16-9-10-18(15)13-7-5-4-6-8-13/h9-10,12-14H,4-8,11H2,1-3H3,(H,16,17). The van der Waals surface area contributed by atoms with Crippen LogP contribution in [0.15, 0.2) is 12.4 Å². The molecule has 1 aromatic heterocycles. The Kier molecular flexibility index (Phi) is 5.25. The van der Waals surface area contributed by atoms with Gasteiger partial charge in [0, 0.05) is 25.5 Å². The Morgan fingerprint density at radius 2 is 2.11 bits per heavy atom. The first-order chi connectivity index (χ1) is 9.22. The van der Waals surface area contributed by atoms with Gasteiger partial charge in [-0.25, -0.2) is 4.98 Å². The number of hydrogen-bond acceptors (Lipinski definition) is 3. The monoisotopic (exact) mass is 265 g/mol. The van der Waals surface area contributed by atoms with Crippen LogP contribution in [0.3, 0.4) is 0 Å². The van der Waals surface area contributed by atoms with Crippen molar-refractivity contribution in [2.75, 3.05) is 19.0 Å². The molecular formula is C15H27N3O. The summed E-state index contributed by atoms with van der Waals surface area (Å²) in [5.41, 5.74) is 0. The SMILES string of the molecule is COCC(Nc1nccn1C1CCCCC1)C(C)C. The van der Waals surface area contributed by atoms with Gasteiger partial charge in [0.1, 0.15) is 0 Å². The molecule has 0 saturated heterocycles. The van der Waals surface area contributed by atoms with Crippen molar-refractivity contribution >= 4 is 5.95 Å². The minimum atomic E-state index is 0.315. The van der Waals surface area contributed by atoms with Crippen LogP contribution in [0.4, 0.5) is 5.95 Å². The number of aromatic nitrogens is 2. The largest absolute Gasteiger partial charge is 0.383 e. The zero-order valence-corrected chi connectivity index (χ0v) is 12.4. The molecule has 19 heavy (non-hydrogen) atoms. The normalized spacial score (nSPS) is 18.7. The lowest BCUT2D eigenvalue weighted by Gasteiger charge is -2.27. The minimum Gasteiger partial charge on any atom is -0.383 e. The maximum Gasteiger partial charge on any atom is 0.203 e. The Balaban J connectivity index is 2.05. The quantitative estimate of drug-likeness (QED) is 0.856. The highest BCUT2D eigenvalue weighted by molar-refractivity contribution is 5.29. The van der Waals surface area contributed by atoms with Gasteiger partial charge in [-0.05, 0) is 18.8 Å². The van der Waals surface area contributed by atoms with Gasteiger partial charge in [0.25, 0.3) is 0 Å². The van der Waals surface area contributed by atoms with Crippen LogP contribution < -0.4 is 5.32 Å². The van der Waals surface area contributed by atoms with Gasteiger partial charge in [0.2, 0.25) is 5.95 Å². The molecule has 0 radical (unpaired) electrons. The van der Waals surface area contributed by atoms with Crippen LogP contribution in [0, 0.1) is 5.92 Å². The molecule has 0 aromatic carbocycles. The Morgan fingerprint density at radius 1 is 1.37 bits per heavy atom. The summed E-state index contributed by atoms with van der Waals surface area (Å²) in [6.07, 6.45) is 10.6. The maximum absolute atomic E-state index is 5.30. The van der Waals surface area contributed by atoms with E-state index in [-0.39, 0.29) is 0 Å². The molecule has 1 aromatic rings. The average molecular weight is 265 g/mol. The first kappa shape index (κ1) is 14.4. The van der Waals surface area contributed by atoms with Crippen LogP contribution in [0.5, 0.6) is 0 Å². The number of methoxy groups -OCH3 is 1. The lowest BCUT2D eigenvalue weighted by Crippen LogP contribution is -2.32. The van der Waals surface area contributed by atoms with Crippen molar-refractivity contribution in [2.45, 2.75) is 58.0 Å². The van der Waals surface area contributed by atoms with Gasteiger partial charge in [-0.15, -0.1) is 0 Å². The second-order valence-corrected chi connectivity index (χ2v) is 5.90. The van der Waals surface area contributed by atoms with E-state index in [4.69, 9.17) is 4.74 Å². The molecule has 1 saturated carbocycles. The highest BCUT2D eigenvalue weighted by atomic mass is 16.5. The summed E-state index contributed by atoms with van der Waals surface area (Å²) in [7, 11) is 1.75. The van der Waals surface area contributed by atoms with E-state index in [0.717, 1.165) is 12.6 Å².